The third kappa shape index (κ3) is 4.63. The van der Waals surface area contributed by atoms with Gasteiger partial charge in [0.25, 0.3) is 5.91 Å². The Balaban J connectivity index is 1.51. The van der Waals surface area contributed by atoms with Crippen LogP contribution in [0.5, 0.6) is 0 Å². The van der Waals surface area contributed by atoms with E-state index in [9.17, 15) is 18.8 Å². The number of carbonyl (C=O) groups is 3. The van der Waals surface area contributed by atoms with Gasteiger partial charge >= 0.3 is 5.97 Å². The number of para-hydroxylation sites is 1. The molecule has 0 fully saturated rings. The number of hydrogen-bond donors (Lipinski definition) is 0. The molecule has 0 saturated heterocycles. The second kappa shape index (κ2) is 8.78. The number of rotatable bonds is 6. The summed E-state index contributed by atoms with van der Waals surface area (Å²) in [4.78, 5) is 38.3. The third-order valence-electron chi connectivity index (χ3n) is 4.87. The minimum atomic E-state index is -0.609. The van der Waals surface area contributed by atoms with Gasteiger partial charge in [-0.3, -0.25) is 14.4 Å². The summed E-state index contributed by atoms with van der Waals surface area (Å²) in [6, 6.07) is 12.9. The number of carbonyl (C=O) groups excluding carboxylic acids is 3. The number of aryl methyl sites for hydroxylation is 1. The molecule has 0 aliphatic carbocycles. The number of nitrogens with zero attached hydrogens (tertiary/aromatic N) is 1. The molecule has 3 rings (SSSR count). The van der Waals surface area contributed by atoms with Gasteiger partial charge in [0.05, 0.1) is 6.42 Å². The van der Waals surface area contributed by atoms with Crippen molar-refractivity contribution in [2.24, 2.45) is 0 Å². The van der Waals surface area contributed by atoms with Crippen molar-refractivity contribution in [1.29, 1.82) is 0 Å². The van der Waals surface area contributed by atoms with Gasteiger partial charge in [0.1, 0.15) is 5.82 Å². The van der Waals surface area contributed by atoms with Crippen molar-refractivity contribution in [2.75, 3.05) is 11.5 Å². The van der Waals surface area contributed by atoms with E-state index in [1.165, 1.54) is 24.3 Å². The van der Waals surface area contributed by atoms with Crippen LogP contribution in [-0.2, 0) is 20.7 Å². The standard InChI is InChI=1S/C22H22FNO4/c1-15-6-7-16-4-2-3-5-19(16)24(15)21(26)14-28-22(27)13-12-20(25)17-8-10-18(23)11-9-17/h2-5,8-11,15H,6-7,12-14H2,1H3. The van der Waals surface area contributed by atoms with Gasteiger partial charge in [-0.1, -0.05) is 18.2 Å². The predicted octanol–water partition coefficient (Wildman–Crippen LogP) is 3.70. The van der Waals surface area contributed by atoms with Crippen molar-refractivity contribution in [1.82, 2.24) is 0 Å². The maximum Gasteiger partial charge on any atom is 0.306 e. The van der Waals surface area contributed by atoms with Crippen molar-refractivity contribution in [3.8, 4) is 0 Å². The Labute approximate surface area is 163 Å². The lowest BCUT2D eigenvalue weighted by molar-refractivity contribution is -0.147. The quantitative estimate of drug-likeness (QED) is 0.564. The van der Waals surface area contributed by atoms with E-state index in [2.05, 4.69) is 0 Å². The lowest BCUT2D eigenvalue weighted by atomic mass is 9.96. The van der Waals surface area contributed by atoms with Gasteiger partial charge in [-0.05, 0) is 55.7 Å². The topological polar surface area (TPSA) is 63.7 Å². The van der Waals surface area contributed by atoms with Crippen LogP contribution in [0.4, 0.5) is 10.1 Å². The van der Waals surface area contributed by atoms with Crippen molar-refractivity contribution in [3.05, 3.63) is 65.5 Å². The Kier molecular flexibility index (Phi) is 6.19. The zero-order valence-electron chi connectivity index (χ0n) is 15.7. The lowest BCUT2D eigenvalue weighted by Gasteiger charge is -2.35. The number of hydrogen-bond acceptors (Lipinski definition) is 4. The lowest BCUT2D eigenvalue weighted by Crippen LogP contribution is -2.44. The minimum absolute atomic E-state index is 0.0288. The first-order chi connectivity index (χ1) is 13.5. The number of esters is 1. The van der Waals surface area contributed by atoms with Crippen LogP contribution in [0.1, 0.15) is 42.1 Å². The molecular formula is C22H22FNO4. The highest BCUT2D eigenvalue weighted by Crippen LogP contribution is 2.30. The molecular weight excluding hydrogens is 361 g/mol. The van der Waals surface area contributed by atoms with Gasteiger partial charge in [-0.2, -0.15) is 0 Å². The zero-order chi connectivity index (χ0) is 20.1. The molecule has 1 aliphatic rings. The summed E-state index contributed by atoms with van der Waals surface area (Å²) in [5, 5.41) is 0. The molecule has 1 unspecified atom stereocenters. The summed E-state index contributed by atoms with van der Waals surface area (Å²) in [6.45, 7) is 1.61. The normalized spacial score (nSPS) is 15.6. The van der Waals surface area contributed by atoms with Crippen LogP contribution >= 0.6 is 0 Å². The highest BCUT2D eigenvalue weighted by molar-refractivity contribution is 5.98. The van der Waals surface area contributed by atoms with Gasteiger partial charge in [-0.25, -0.2) is 4.39 Å². The molecule has 0 aromatic heterocycles. The van der Waals surface area contributed by atoms with E-state index in [0.717, 1.165) is 24.1 Å². The smallest absolute Gasteiger partial charge is 0.306 e. The van der Waals surface area contributed by atoms with Crippen LogP contribution in [-0.4, -0.2) is 30.3 Å². The Morgan fingerprint density at radius 2 is 1.79 bits per heavy atom. The monoisotopic (exact) mass is 383 g/mol. The van der Waals surface area contributed by atoms with Crippen LogP contribution in [0.3, 0.4) is 0 Å². The maximum absolute atomic E-state index is 12.9. The van der Waals surface area contributed by atoms with Crippen LogP contribution in [0.2, 0.25) is 0 Å². The first-order valence-corrected chi connectivity index (χ1v) is 9.30. The molecule has 5 nitrogen and oxygen atoms in total. The molecule has 0 spiro atoms. The first-order valence-electron chi connectivity index (χ1n) is 9.30. The van der Waals surface area contributed by atoms with E-state index < -0.39 is 11.8 Å². The fourth-order valence-electron chi connectivity index (χ4n) is 3.35. The van der Waals surface area contributed by atoms with Crippen molar-refractivity contribution in [2.45, 2.75) is 38.6 Å². The van der Waals surface area contributed by atoms with Crippen LogP contribution in [0.15, 0.2) is 48.5 Å². The molecule has 0 saturated carbocycles. The molecule has 2 aromatic rings. The number of halogens is 1. The number of amides is 1. The average Bonchev–Trinajstić information content (AvgIpc) is 2.70. The largest absolute Gasteiger partial charge is 0.456 e. The number of fused-ring (bicyclic) bond motifs is 1. The molecule has 28 heavy (non-hydrogen) atoms. The second-order valence-corrected chi connectivity index (χ2v) is 6.87. The summed E-state index contributed by atoms with van der Waals surface area (Å²) >= 11 is 0. The van der Waals surface area contributed by atoms with E-state index in [1.807, 2.05) is 31.2 Å². The molecule has 0 radical (unpaired) electrons. The van der Waals surface area contributed by atoms with E-state index in [4.69, 9.17) is 4.74 Å². The Morgan fingerprint density at radius 1 is 1.07 bits per heavy atom. The number of ketones is 1. The fourth-order valence-corrected chi connectivity index (χ4v) is 3.35. The van der Waals surface area contributed by atoms with E-state index >= 15 is 0 Å². The highest BCUT2D eigenvalue weighted by Gasteiger charge is 2.28. The molecule has 1 heterocycles. The zero-order valence-corrected chi connectivity index (χ0v) is 15.7. The van der Waals surface area contributed by atoms with Gasteiger partial charge in [0.15, 0.2) is 12.4 Å². The van der Waals surface area contributed by atoms with Gasteiger partial charge in [0.2, 0.25) is 0 Å². The molecule has 146 valence electrons. The summed E-state index contributed by atoms with van der Waals surface area (Å²) in [7, 11) is 0. The minimum Gasteiger partial charge on any atom is -0.456 e. The fraction of sp³-hybridized carbons (Fsp3) is 0.318. The SMILES string of the molecule is CC1CCc2ccccc2N1C(=O)COC(=O)CCC(=O)c1ccc(F)cc1. The van der Waals surface area contributed by atoms with E-state index in [1.54, 1.807) is 4.90 Å². The third-order valence-corrected chi connectivity index (χ3v) is 4.87. The average molecular weight is 383 g/mol. The summed E-state index contributed by atoms with van der Waals surface area (Å²) < 4.78 is 18.0. The highest BCUT2D eigenvalue weighted by atomic mass is 19.1. The Hall–Kier alpha value is -3.02. The van der Waals surface area contributed by atoms with Gasteiger partial charge in [0, 0.05) is 23.7 Å². The Morgan fingerprint density at radius 3 is 2.54 bits per heavy atom. The Bertz CT molecular complexity index is 878. The molecule has 1 atom stereocenters. The molecule has 2 aromatic carbocycles. The van der Waals surface area contributed by atoms with E-state index in [-0.39, 0.29) is 37.2 Å². The number of ether oxygens (including phenoxy) is 1. The van der Waals surface area contributed by atoms with E-state index in [0.29, 0.717) is 5.56 Å². The summed E-state index contributed by atoms with van der Waals surface area (Å²) in [5.41, 5.74) is 2.29. The molecule has 0 N–H and O–H groups in total. The van der Waals surface area contributed by atoms with Gasteiger partial charge < -0.3 is 9.64 Å². The summed E-state index contributed by atoms with van der Waals surface area (Å²) in [6.07, 6.45) is 1.58. The maximum atomic E-state index is 12.9. The molecule has 6 heteroatoms. The van der Waals surface area contributed by atoms with Gasteiger partial charge in [-0.15, -0.1) is 0 Å². The van der Waals surface area contributed by atoms with Crippen LogP contribution < -0.4 is 4.90 Å². The second-order valence-electron chi connectivity index (χ2n) is 6.87. The predicted molar refractivity (Wildman–Crippen MR) is 103 cm³/mol. The molecule has 1 aliphatic heterocycles. The van der Waals surface area contributed by atoms with Crippen molar-refractivity contribution >= 4 is 23.3 Å². The number of anilines is 1. The van der Waals surface area contributed by atoms with Crippen LogP contribution in [0.25, 0.3) is 0 Å². The number of benzene rings is 2. The summed E-state index contributed by atoms with van der Waals surface area (Å²) in [5.74, 6) is -1.59. The molecule has 0 bridgehead atoms. The van der Waals surface area contributed by atoms with Crippen LogP contribution in [0, 0.1) is 5.82 Å². The first kappa shape index (κ1) is 19.7. The number of Topliss-reactive ketones (excluding diaryl/α,β-unsaturated/α-hetero) is 1. The van der Waals surface area contributed by atoms with Crippen molar-refractivity contribution < 1.29 is 23.5 Å². The molecule has 1 amide bonds. The van der Waals surface area contributed by atoms with Crippen molar-refractivity contribution in [3.63, 3.8) is 0 Å².